The molecule has 0 radical (unpaired) electrons. The van der Waals surface area contributed by atoms with Crippen LogP contribution in [-0.2, 0) is 19.9 Å². The minimum Gasteiger partial charge on any atom is -0.383 e. The van der Waals surface area contributed by atoms with Gasteiger partial charge in [0.2, 0.25) is 10.0 Å². The van der Waals surface area contributed by atoms with E-state index in [4.69, 9.17) is 5.14 Å². The zero-order valence-corrected chi connectivity index (χ0v) is 10.9. The molecule has 1 rings (SSSR count). The van der Waals surface area contributed by atoms with E-state index in [1.165, 1.54) is 12.1 Å². The molecule has 3 N–H and O–H groups in total. The van der Waals surface area contributed by atoms with Gasteiger partial charge in [0.05, 0.1) is 11.4 Å². The van der Waals surface area contributed by atoms with E-state index in [0.717, 1.165) is 6.26 Å². The molecule has 1 aromatic carbocycles. The van der Waals surface area contributed by atoms with Crippen molar-refractivity contribution in [2.24, 2.45) is 5.14 Å². The van der Waals surface area contributed by atoms with Crippen LogP contribution in [0.3, 0.4) is 0 Å². The first-order valence-corrected chi connectivity index (χ1v) is 8.34. The molecule has 96 valence electrons. The molecular formula is C9H14N2O4S2. The molecule has 0 heterocycles. The lowest BCUT2D eigenvalue weighted by Crippen LogP contribution is -2.18. The van der Waals surface area contributed by atoms with Crippen molar-refractivity contribution in [3.8, 4) is 0 Å². The Morgan fingerprint density at radius 3 is 2.29 bits per heavy atom. The number of para-hydroxylation sites is 1. The number of hydrogen-bond donors (Lipinski definition) is 2. The number of nitrogens with two attached hydrogens (primary N) is 1. The van der Waals surface area contributed by atoms with E-state index in [1.807, 2.05) is 0 Å². The van der Waals surface area contributed by atoms with Crippen LogP contribution in [0.15, 0.2) is 29.2 Å². The molecule has 17 heavy (non-hydrogen) atoms. The number of sulfonamides is 1. The molecule has 0 fully saturated rings. The fourth-order valence-electron chi connectivity index (χ4n) is 1.23. The van der Waals surface area contributed by atoms with Crippen LogP contribution >= 0.6 is 0 Å². The third-order valence-electron chi connectivity index (χ3n) is 1.98. The zero-order valence-electron chi connectivity index (χ0n) is 9.25. The van der Waals surface area contributed by atoms with Crippen LogP contribution in [0.1, 0.15) is 0 Å². The lowest BCUT2D eigenvalue weighted by atomic mass is 10.3. The third-order valence-corrected chi connectivity index (χ3v) is 3.90. The summed E-state index contributed by atoms with van der Waals surface area (Å²) < 4.78 is 44.3. The van der Waals surface area contributed by atoms with Crippen molar-refractivity contribution >= 4 is 25.5 Å². The summed E-state index contributed by atoms with van der Waals surface area (Å²) >= 11 is 0. The lowest BCUT2D eigenvalue weighted by molar-refractivity contribution is 0.598. The fraction of sp³-hybridized carbons (Fsp3) is 0.333. The van der Waals surface area contributed by atoms with E-state index in [1.54, 1.807) is 12.1 Å². The standard InChI is InChI=1S/C9H14N2O4S2/c1-16(12,13)7-6-11-8-4-2-3-5-9(8)17(10,14)15/h2-5,11H,6-7H2,1H3,(H2,10,14,15). The molecule has 0 bridgehead atoms. The number of rotatable bonds is 5. The molecule has 0 aromatic heterocycles. The van der Waals surface area contributed by atoms with Gasteiger partial charge in [-0.2, -0.15) is 0 Å². The summed E-state index contributed by atoms with van der Waals surface area (Å²) in [5, 5.41) is 7.77. The van der Waals surface area contributed by atoms with Gasteiger partial charge in [0.15, 0.2) is 0 Å². The lowest BCUT2D eigenvalue weighted by Gasteiger charge is -2.09. The normalized spacial score (nSPS) is 12.4. The van der Waals surface area contributed by atoms with Crippen LogP contribution in [0, 0.1) is 0 Å². The molecule has 0 unspecified atom stereocenters. The number of anilines is 1. The first-order valence-electron chi connectivity index (χ1n) is 4.73. The zero-order chi connectivity index (χ0) is 13.1. The minimum atomic E-state index is -3.81. The molecule has 0 spiro atoms. The van der Waals surface area contributed by atoms with Crippen molar-refractivity contribution in [1.29, 1.82) is 0 Å². The molecule has 0 atom stereocenters. The van der Waals surface area contributed by atoms with Gasteiger partial charge in [0.1, 0.15) is 14.7 Å². The SMILES string of the molecule is CS(=O)(=O)CCNc1ccccc1S(N)(=O)=O. The van der Waals surface area contributed by atoms with Gasteiger partial charge in [-0.25, -0.2) is 22.0 Å². The highest BCUT2D eigenvalue weighted by molar-refractivity contribution is 7.90. The molecule has 0 amide bonds. The van der Waals surface area contributed by atoms with Gasteiger partial charge in [-0.3, -0.25) is 0 Å². The van der Waals surface area contributed by atoms with E-state index >= 15 is 0 Å². The Hall–Kier alpha value is -1.12. The van der Waals surface area contributed by atoms with E-state index < -0.39 is 19.9 Å². The summed E-state index contributed by atoms with van der Waals surface area (Å²) in [6.07, 6.45) is 1.11. The summed E-state index contributed by atoms with van der Waals surface area (Å²) in [7, 11) is -6.90. The predicted octanol–water partition coefficient (Wildman–Crippen LogP) is -0.209. The second-order valence-electron chi connectivity index (χ2n) is 3.60. The van der Waals surface area contributed by atoms with Gasteiger partial charge < -0.3 is 5.32 Å². The highest BCUT2D eigenvalue weighted by Gasteiger charge is 2.13. The second kappa shape index (κ2) is 5.03. The molecule has 0 saturated heterocycles. The van der Waals surface area contributed by atoms with Gasteiger partial charge in [-0.1, -0.05) is 12.1 Å². The Balaban J connectivity index is 2.86. The van der Waals surface area contributed by atoms with Crippen LogP contribution in [0.4, 0.5) is 5.69 Å². The maximum atomic E-state index is 11.2. The van der Waals surface area contributed by atoms with Gasteiger partial charge >= 0.3 is 0 Å². The Labute approximate surface area is 101 Å². The van der Waals surface area contributed by atoms with Gasteiger partial charge in [0, 0.05) is 12.8 Å². The first kappa shape index (κ1) is 13.9. The van der Waals surface area contributed by atoms with Crippen molar-refractivity contribution in [3.63, 3.8) is 0 Å². The molecule has 0 aliphatic rings. The second-order valence-corrected chi connectivity index (χ2v) is 7.39. The molecule has 0 aliphatic heterocycles. The summed E-state index contributed by atoms with van der Waals surface area (Å²) in [6, 6.07) is 6.07. The summed E-state index contributed by atoms with van der Waals surface area (Å²) in [5.41, 5.74) is 0.304. The summed E-state index contributed by atoms with van der Waals surface area (Å²) in [5.74, 6) is -0.0774. The average Bonchev–Trinajstić information content (AvgIpc) is 2.15. The number of nitrogens with one attached hydrogen (secondary N) is 1. The topological polar surface area (TPSA) is 106 Å². The molecule has 6 nitrogen and oxygen atoms in total. The van der Waals surface area contributed by atoms with E-state index in [2.05, 4.69) is 5.32 Å². The van der Waals surface area contributed by atoms with Crippen molar-refractivity contribution < 1.29 is 16.8 Å². The third kappa shape index (κ3) is 4.72. The van der Waals surface area contributed by atoms with Crippen molar-refractivity contribution in [2.45, 2.75) is 4.90 Å². The van der Waals surface area contributed by atoms with E-state index in [-0.39, 0.29) is 17.2 Å². The maximum Gasteiger partial charge on any atom is 0.240 e. The van der Waals surface area contributed by atoms with Crippen LogP contribution in [0.5, 0.6) is 0 Å². The van der Waals surface area contributed by atoms with Crippen LogP contribution in [0.2, 0.25) is 0 Å². The molecule has 1 aromatic rings. The summed E-state index contributed by atoms with van der Waals surface area (Å²) in [6.45, 7) is 0.130. The van der Waals surface area contributed by atoms with Gasteiger partial charge in [0.25, 0.3) is 0 Å². The van der Waals surface area contributed by atoms with E-state index in [0.29, 0.717) is 5.69 Å². The fourth-order valence-corrected chi connectivity index (χ4v) is 2.42. The predicted molar refractivity (Wildman–Crippen MR) is 66.0 cm³/mol. The highest BCUT2D eigenvalue weighted by atomic mass is 32.2. The van der Waals surface area contributed by atoms with Crippen LogP contribution in [0.25, 0.3) is 0 Å². The smallest absolute Gasteiger partial charge is 0.240 e. The monoisotopic (exact) mass is 278 g/mol. The number of sulfone groups is 1. The van der Waals surface area contributed by atoms with Crippen LogP contribution < -0.4 is 10.5 Å². The quantitative estimate of drug-likeness (QED) is 0.775. The molecule has 0 saturated carbocycles. The Morgan fingerprint density at radius 2 is 1.76 bits per heavy atom. The van der Waals surface area contributed by atoms with Gasteiger partial charge in [-0.15, -0.1) is 0 Å². The first-order chi connectivity index (χ1) is 7.70. The van der Waals surface area contributed by atoms with Crippen LogP contribution in [-0.4, -0.2) is 35.4 Å². The highest BCUT2D eigenvalue weighted by Crippen LogP contribution is 2.18. The molecular weight excluding hydrogens is 264 g/mol. The largest absolute Gasteiger partial charge is 0.383 e. The number of hydrogen-bond acceptors (Lipinski definition) is 5. The van der Waals surface area contributed by atoms with Crippen molar-refractivity contribution in [3.05, 3.63) is 24.3 Å². The van der Waals surface area contributed by atoms with Crippen molar-refractivity contribution in [1.82, 2.24) is 0 Å². The maximum absolute atomic E-state index is 11.2. The minimum absolute atomic E-state index is 0.0477. The average molecular weight is 278 g/mol. The molecule has 8 heteroatoms. The summed E-state index contributed by atoms with van der Waals surface area (Å²) in [4.78, 5) is -0.0477. The molecule has 0 aliphatic carbocycles. The Bertz CT molecular complexity index is 593. The number of benzene rings is 1. The Kier molecular flexibility index (Phi) is 4.12. The Morgan fingerprint density at radius 1 is 1.18 bits per heavy atom. The van der Waals surface area contributed by atoms with E-state index in [9.17, 15) is 16.8 Å². The van der Waals surface area contributed by atoms with Crippen molar-refractivity contribution in [2.75, 3.05) is 23.9 Å². The van der Waals surface area contributed by atoms with Gasteiger partial charge in [-0.05, 0) is 12.1 Å². The number of primary sulfonamides is 1.